The lowest BCUT2D eigenvalue weighted by atomic mass is 9.94. The summed E-state index contributed by atoms with van der Waals surface area (Å²) in [6, 6.07) is 19.7. The molecule has 1 atom stereocenters. The molecular weight excluding hydrogens is 647 g/mol. The first-order valence-electron chi connectivity index (χ1n) is 15.0. The average molecular weight is 677 g/mol. The zero-order chi connectivity index (χ0) is 34.7. The normalized spacial score (nSPS) is 12.3. The van der Waals surface area contributed by atoms with Gasteiger partial charge in [0.25, 0.3) is 5.91 Å². The number of amides is 1. The fourth-order valence-corrected chi connectivity index (χ4v) is 5.72. The van der Waals surface area contributed by atoms with Gasteiger partial charge < -0.3 is 31.4 Å². The number of nitrogens with one attached hydrogen (secondary N) is 1. The van der Waals surface area contributed by atoms with Crippen LogP contribution in [0.2, 0.25) is 5.02 Å². The van der Waals surface area contributed by atoms with Crippen LogP contribution in [0.4, 0.5) is 16.0 Å². The molecule has 1 aliphatic rings. The molecule has 0 aliphatic carbocycles. The number of hydrogen-bond acceptors (Lipinski definition) is 9. The minimum Gasteiger partial charge on any atom is -0.496 e. The largest absolute Gasteiger partial charge is 0.496 e. The van der Waals surface area contributed by atoms with Crippen LogP contribution in [0.25, 0.3) is 22.4 Å². The Morgan fingerprint density at radius 2 is 1.86 bits per heavy atom. The molecule has 5 aromatic rings. The SMILES string of the molecule is COc1cccc(F)c1C1=NCc2cnc(Nc3ccc(C(N)=O)c(OC)c3-c3ccc(C#CC(N)CO)cc3)nc2-c2ccc(Cl)cc21. The highest BCUT2D eigenvalue weighted by Gasteiger charge is 2.26. The van der Waals surface area contributed by atoms with Crippen molar-refractivity contribution in [3.8, 4) is 45.7 Å². The van der Waals surface area contributed by atoms with Gasteiger partial charge in [0.15, 0.2) is 0 Å². The number of rotatable bonds is 8. The molecule has 0 bridgehead atoms. The molecule has 2 heterocycles. The van der Waals surface area contributed by atoms with Crippen molar-refractivity contribution in [1.82, 2.24) is 9.97 Å². The third kappa shape index (κ3) is 6.66. The number of methoxy groups -OCH3 is 2. The van der Waals surface area contributed by atoms with Crippen LogP contribution >= 0.6 is 11.6 Å². The second kappa shape index (κ2) is 14.1. The molecule has 1 unspecified atom stereocenters. The van der Waals surface area contributed by atoms with E-state index in [0.29, 0.717) is 61.2 Å². The van der Waals surface area contributed by atoms with E-state index >= 15 is 4.39 Å². The smallest absolute Gasteiger partial charge is 0.252 e. The van der Waals surface area contributed by atoms with Crippen molar-refractivity contribution >= 4 is 34.9 Å². The molecule has 246 valence electrons. The first-order chi connectivity index (χ1) is 23.7. The van der Waals surface area contributed by atoms with Crippen LogP contribution < -0.4 is 26.3 Å². The highest BCUT2D eigenvalue weighted by atomic mass is 35.5. The number of ether oxygens (including phenoxy) is 2. The highest BCUT2D eigenvalue weighted by Crippen LogP contribution is 2.41. The van der Waals surface area contributed by atoms with E-state index in [4.69, 9.17) is 42.5 Å². The van der Waals surface area contributed by atoms with Gasteiger partial charge >= 0.3 is 0 Å². The number of aliphatic imine (C=N–C) groups is 1. The number of aliphatic hydroxyl groups excluding tert-OH is 1. The van der Waals surface area contributed by atoms with Crippen molar-refractivity contribution in [2.24, 2.45) is 16.5 Å². The van der Waals surface area contributed by atoms with E-state index in [2.05, 4.69) is 22.1 Å². The number of carbonyl (C=O) groups excluding carboxylic acids is 1. The number of nitrogens with two attached hydrogens (primary N) is 2. The predicted octanol–water partition coefficient (Wildman–Crippen LogP) is 5.48. The molecule has 0 fully saturated rings. The van der Waals surface area contributed by atoms with E-state index in [-0.39, 0.29) is 36.0 Å². The average Bonchev–Trinajstić information content (AvgIpc) is 3.26. The van der Waals surface area contributed by atoms with Crippen molar-refractivity contribution in [3.05, 3.63) is 118 Å². The van der Waals surface area contributed by atoms with E-state index < -0.39 is 17.8 Å². The van der Waals surface area contributed by atoms with Gasteiger partial charge in [-0.2, -0.15) is 0 Å². The van der Waals surface area contributed by atoms with E-state index in [1.807, 2.05) is 18.2 Å². The summed E-state index contributed by atoms with van der Waals surface area (Å²) in [6.45, 7) is -0.0879. The van der Waals surface area contributed by atoms with Crippen LogP contribution in [0, 0.1) is 17.7 Å². The van der Waals surface area contributed by atoms with Crippen LogP contribution in [0.15, 0.2) is 84.0 Å². The zero-order valence-corrected chi connectivity index (χ0v) is 27.2. The minimum atomic E-state index is -0.663. The number of primary amides is 1. The van der Waals surface area contributed by atoms with Crippen molar-refractivity contribution < 1.29 is 23.8 Å². The molecular formula is C37H30ClFN6O4. The van der Waals surface area contributed by atoms with Gasteiger partial charge in [0, 0.05) is 39.0 Å². The van der Waals surface area contributed by atoms with Gasteiger partial charge in [0.05, 0.1) is 61.6 Å². The molecule has 1 aromatic heterocycles. The standard InChI is InChI=1S/C37H30ClFN6O4/c1-48-30-5-3-4-28(39)32(30)34-27-16-23(38)11-13-25(27)33-22(17-42-34)18-43-37(45-33)44-29-15-14-26(36(41)47)35(49-2)31(29)21-9-6-20(7-10-21)8-12-24(40)19-46/h3-7,9-11,13-16,18,24,46H,17,19,40H2,1-2H3,(H2,41,47)(H,43,44,45). The number of carbonyl (C=O) groups is 1. The monoisotopic (exact) mass is 676 g/mol. The lowest BCUT2D eigenvalue weighted by molar-refractivity contribution is 0.0997. The number of aromatic nitrogens is 2. The summed E-state index contributed by atoms with van der Waals surface area (Å²) < 4.78 is 26.5. The topological polar surface area (TPSA) is 158 Å². The maximum Gasteiger partial charge on any atom is 0.252 e. The number of benzene rings is 4. The van der Waals surface area contributed by atoms with Crippen molar-refractivity contribution in [1.29, 1.82) is 0 Å². The Bertz CT molecular complexity index is 2180. The second-order valence-corrected chi connectivity index (χ2v) is 11.4. The van der Waals surface area contributed by atoms with Gasteiger partial charge in [-0.15, -0.1) is 0 Å². The Balaban J connectivity index is 1.44. The fourth-order valence-electron chi connectivity index (χ4n) is 5.54. The molecule has 12 heteroatoms. The Hall–Kier alpha value is -5.80. The molecule has 6 rings (SSSR count). The van der Waals surface area contributed by atoms with Gasteiger partial charge in [-0.05, 0) is 54.1 Å². The van der Waals surface area contributed by atoms with Crippen molar-refractivity contribution in [2.45, 2.75) is 12.6 Å². The van der Waals surface area contributed by atoms with Gasteiger partial charge in [-0.1, -0.05) is 47.7 Å². The molecule has 1 aliphatic heterocycles. The van der Waals surface area contributed by atoms with Gasteiger partial charge in [-0.3, -0.25) is 9.79 Å². The van der Waals surface area contributed by atoms with Gasteiger partial charge in [-0.25, -0.2) is 14.4 Å². The van der Waals surface area contributed by atoms with E-state index in [1.165, 1.54) is 20.3 Å². The maximum atomic E-state index is 15.3. The zero-order valence-electron chi connectivity index (χ0n) is 26.4. The summed E-state index contributed by atoms with van der Waals surface area (Å²) in [5.74, 6) is 5.39. The fraction of sp³-hybridized carbons (Fsp3) is 0.135. The summed E-state index contributed by atoms with van der Waals surface area (Å²) >= 11 is 6.46. The third-order valence-electron chi connectivity index (χ3n) is 7.84. The van der Waals surface area contributed by atoms with E-state index in [0.717, 1.165) is 0 Å². The molecule has 49 heavy (non-hydrogen) atoms. The molecule has 0 spiro atoms. The van der Waals surface area contributed by atoms with Gasteiger partial charge in [0.1, 0.15) is 17.3 Å². The van der Waals surface area contributed by atoms with Crippen LogP contribution in [0.3, 0.4) is 0 Å². The number of nitrogens with zero attached hydrogens (tertiary/aromatic N) is 3. The molecule has 6 N–H and O–H groups in total. The summed E-state index contributed by atoms with van der Waals surface area (Å²) in [5, 5.41) is 12.9. The van der Waals surface area contributed by atoms with Crippen LogP contribution in [-0.2, 0) is 6.54 Å². The first-order valence-corrected chi connectivity index (χ1v) is 15.4. The second-order valence-electron chi connectivity index (χ2n) is 10.9. The van der Waals surface area contributed by atoms with Crippen LogP contribution in [0.1, 0.15) is 32.6 Å². The van der Waals surface area contributed by atoms with Crippen molar-refractivity contribution in [3.63, 3.8) is 0 Å². The molecule has 4 aromatic carbocycles. The van der Waals surface area contributed by atoms with E-state index in [1.54, 1.807) is 54.7 Å². The summed E-state index contributed by atoms with van der Waals surface area (Å²) in [5.41, 5.74) is 17.2. The number of halogens is 2. The maximum absolute atomic E-state index is 15.3. The Morgan fingerprint density at radius 1 is 1.06 bits per heavy atom. The van der Waals surface area contributed by atoms with Crippen LogP contribution in [0.5, 0.6) is 11.5 Å². The minimum absolute atomic E-state index is 0.166. The number of aliphatic hydroxyl groups is 1. The Morgan fingerprint density at radius 3 is 2.57 bits per heavy atom. The molecule has 0 saturated heterocycles. The quantitative estimate of drug-likeness (QED) is 0.157. The Kier molecular flexibility index (Phi) is 9.55. The molecule has 0 radical (unpaired) electrons. The lowest BCUT2D eigenvalue weighted by Crippen LogP contribution is -2.21. The number of anilines is 2. The Labute approximate surface area is 286 Å². The van der Waals surface area contributed by atoms with Gasteiger partial charge in [0.2, 0.25) is 5.95 Å². The lowest BCUT2D eigenvalue weighted by Gasteiger charge is -2.18. The first kappa shape index (κ1) is 33.1. The van der Waals surface area contributed by atoms with E-state index in [9.17, 15) is 9.90 Å². The molecule has 10 nitrogen and oxygen atoms in total. The summed E-state index contributed by atoms with van der Waals surface area (Å²) in [6.07, 6.45) is 1.66. The third-order valence-corrected chi connectivity index (χ3v) is 8.08. The van der Waals surface area contributed by atoms with Crippen LogP contribution in [-0.4, -0.2) is 53.6 Å². The summed E-state index contributed by atoms with van der Waals surface area (Å²) in [7, 11) is 2.93. The number of hydrogen-bond donors (Lipinski definition) is 4. The number of fused-ring (bicyclic) bond motifs is 3. The summed E-state index contributed by atoms with van der Waals surface area (Å²) in [4.78, 5) is 26.6. The van der Waals surface area contributed by atoms with Crippen molar-refractivity contribution in [2.75, 3.05) is 26.1 Å². The molecule has 0 saturated carbocycles. The highest BCUT2D eigenvalue weighted by molar-refractivity contribution is 6.31. The predicted molar refractivity (Wildman–Crippen MR) is 187 cm³/mol. The molecule has 1 amide bonds.